The van der Waals surface area contributed by atoms with E-state index in [0.29, 0.717) is 5.39 Å². The Morgan fingerprint density at radius 3 is 2.16 bits per heavy atom. The van der Waals surface area contributed by atoms with Crippen molar-refractivity contribution in [3.8, 4) is 11.5 Å². The molecule has 25 heavy (non-hydrogen) atoms. The van der Waals surface area contributed by atoms with Crippen LogP contribution in [0.2, 0.25) is 0 Å². The molecule has 0 aliphatic carbocycles. The number of fused-ring (bicyclic) bond motifs is 1. The summed E-state index contributed by atoms with van der Waals surface area (Å²) in [7, 11) is -4.62. The van der Waals surface area contributed by atoms with E-state index < -0.39 is 20.8 Å². The number of phenols is 2. The van der Waals surface area contributed by atoms with Crippen molar-refractivity contribution >= 4 is 32.3 Å². The van der Waals surface area contributed by atoms with Gasteiger partial charge in [-0.05, 0) is 24.6 Å². The fraction of sp³-hybridized carbons (Fsp3) is 0.0588. The molecular weight excluding hydrogens is 344 g/mol. The molecule has 0 saturated heterocycles. The first kappa shape index (κ1) is 16.9. The quantitative estimate of drug-likeness (QED) is 0.478. The summed E-state index contributed by atoms with van der Waals surface area (Å²) in [6.45, 7) is 1.83. The van der Waals surface area contributed by atoms with Gasteiger partial charge >= 0.3 is 0 Å². The number of phenolic OH excluding ortho intramolecular Hbond substituents is 2. The second-order valence-electron chi connectivity index (χ2n) is 5.46. The molecule has 0 unspecified atom stereocenters. The lowest BCUT2D eigenvalue weighted by molar-refractivity contribution is 0.446. The van der Waals surface area contributed by atoms with E-state index in [2.05, 4.69) is 10.2 Å². The van der Waals surface area contributed by atoms with Gasteiger partial charge in [0.1, 0.15) is 22.1 Å². The van der Waals surface area contributed by atoms with E-state index in [-0.39, 0.29) is 22.5 Å². The first-order valence-electron chi connectivity index (χ1n) is 7.21. The van der Waals surface area contributed by atoms with E-state index in [9.17, 15) is 23.2 Å². The van der Waals surface area contributed by atoms with Crippen LogP contribution in [0, 0.1) is 6.92 Å². The number of aryl methyl sites for hydroxylation is 1. The standard InChI is InChI=1S/C17H14N2O5S/c1-10-6-7-15(20)14(8-10)19-18-13-9-16(21)17(25(22,23)24)12-5-3-2-4-11(12)13/h2-9,20-21H,1H3,(H,22,23,24). The van der Waals surface area contributed by atoms with Gasteiger partial charge in [0.15, 0.2) is 0 Å². The van der Waals surface area contributed by atoms with Gasteiger partial charge in [-0.1, -0.05) is 30.3 Å². The molecule has 0 bridgehead atoms. The third-order valence-electron chi connectivity index (χ3n) is 3.61. The van der Waals surface area contributed by atoms with Gasteiger partial charge in [-0.25, -0.2) is 0 Å². The molecule has 7 nitrogen and oxygen atoms in total. The fourth-order valence-corrected chi connectivity index (χ4v) is 3.27. The Morgan fingerprint density at radius 2 is 1.48 bits per heavy atom. The summed E-state index contributed by atoms with van der Waals surface area (Å²) in [5.41, 5.74) is 1.31. The average Bonchev–Trinajstić information content (AvgIpc) is 2.54. The molecule has 0 atom stereocenters. The van der Waals surface area contributed by atoms with Crippen LogP contribution in [0.25, 0.3) is 10.8 Å². The minimum atomic E-state index is -4.62. The molecule has 0 fully saturated rings. The van der Waals surface area contributed by atoms with Crippen LogP contribution >= 0.6 is 0 Å². The van der Waals surface area contributed by atoms with Crippen LogP contribution < -0.4 is 0 Å². The summed E-state index contributed by atoms with van der Waals surface area (Å²) in [6, 6.07) is 12.2. The number of nitrogens with zero attached hydrogens (tertiary/aromatic N) is 2. The Morgan fingerprint density at radius 1 is 0.840 bits per heavy atom. The van der Waals surface area contributed by atoms with E-state index in [4.69, 9.17) is 0 Å². The highest BCUT2D eigenvalue weighted by atomic mass is 32.2. The minimum absolute atomic E-state index is 0.0579. The van der Waals surface area contributed by atoms with Crippen LogP contribution in [0.1, 0.15) is 5.56 Å². The van der Waals surface area contributed by atoms with Gasteiger partial charge in [0.2, 0.25) is 0 Å². The Labute approximate surface area is 143 Å². The largest absolute Gasteiger partial charge is 0.506 e. The van der Waals surface area contributed by atoms with Crippen molar-refractivity contribution in [2.45, 2.75) is 11.8 Å². The SMILES string of the molecule is Cc1ccc(O)c(N=Nc2cc(O)c(S(=O)(=O)O)c3ccccc23)c1. The molecule has 128 valence electrons. The van der Waals surface area contributed by atoms with E-state index >= 15 is 0 Å². The summed E-state index contributed by atoms with van der Waals surface area (Å²) in [4.78, 5) is -0.583. The van der Waals surface area contributed by atoms with Crippen molar-refractivity contribution in [1.82, 2.24) is 0 Å². The van der Waals surface area contributed by atoms with Crippen LogP contribution in [0.15, 0.2) is 63.7 Å². The molecule has 3 N–H and O–H groups in total. The molecule has 0 spiro atoms. The Kier molecular flexibility index (Phi) is 4.15. The van der Waals surface area contributed by atoms with Crippen molar-refractivity contribution < 1.29 is 23.2 Å². The third-order valence-corrected chi connectivity index (χ3v) is 4.55. The smallest absolute Gasteiger partial charge is 0.298 e. The van der Waals surface area contributed by atoms with Crippen molar-refractivity contribution in [3.05, 3.63) is 54.1 Å². The number of azo groups is 1. The maximum absolute atomic E-state index is 11.5. The molecule has 8 heteroatoms. The van der Waals surface area contributed by atoms with E-state index in [1.807, 2.05) is 6.92 Å². The van der Waals surface area contributed by atoms with E-state index in [1.54, 1.807) is 30.3 Å². The van der Waals surface area contributed by atoms with Crippen molar-refractivity contribution in [2.24, 2.45) is 10.2 Å². The van der Waals surface area contributed by atoms with Crippen LogP contribution in [-0.2, 0) is 10.1 Å². The highest BCUT2D eigenvalue weighted by Gasteiger charge is 2.21. The summed E-state index contributed by atoms with van der Waals surface area (Å²) in [5.74, 6) is -0.693. The second kappa shape index (κ2) is 6.15. The van der Waals surface area contributed by atoms with Crippen molar-refractivity contribution in [1.29, 1.82) is 0 Å². The highest BCUT2D eigenvalue weighted by Crippen LogP contribution is 2.39. The lowest BCUT2D eigenvalue weighted by Gasteiger charge is -2.08. The summed E-state index contributed by atoms with van der Waals surface area (Å²) in [5, 5.41) is 28.3. The number of benzene rings is 3. The molecule has 0 amide bonds. The molecule has 0 heterocycles. The zero-order valence-corrected chi connectivity index (χ0v) is 13.9. The van der Waals surface area contributed by atoms with E-state index in [0.717, 1.165) is 11.6 Å². The maximum Gasteiger partial charge on any atom is 0.298 e. The van der Waals surface area contributed by atoms with Gasteiger partial charge in [-0.2, -0.15) is 8.42 Å². The molecule has 0 aliphatic rings. The first-order valence-corrected chi connectivity index (χ1v) is 8.65. The first-order chi connectivity index (χ1) is 11.8. The summed E-state index contributed by atoms with van der Waals surface area (Å²) in [6.07, 6.45) is 0. The van der Waals surface area contributed by atoms with Crippen LogP contribution in [0.4, 0.5) is 11.4 Å². The Balaban J connectivity index is 2.22. The minimum Gasteiger partial charge on any atom is -0.506 e. The van der Waals surface area contributed by atoms with Crippen molar-refractivity contribution in [2.75, 3.05) is 0 Å². The van der Waals surface area contributed by atoms with Gasteiger partial charge < -0.3 is 10.2 Å². The normalized spacial score (nSPS) is 12.1. The predicted molar refractivity (Wildman–Crippen MR) is 92.4 cm³/mol. The van der Waals surface area contributed by atoms with Crippen molar-refractivity contribution in [3.63, 3.8) is 0 Å². The Bertz CT molecular complexity index is 1110. The third kappa shape index (κ3) is 3.30. The zero-order valence-electron chi connectivity index (χ0n) is 13.1. The molecule has 3 aromatic carbocycles. The summed E-state index contributed by atoms with van der Waals surface area (Å²) >= 11 is 0. The number of hydrogen-bond donors (Lipinski definition) is 3. The van der Waals surface area contributed by atoms with Gasteiger partial charge in [-0.15, -0.1) is 10.2 Å². The topological polar surface area (TPSA) is 120 Å². The van der Waals surface area contributed by atoms with Gasteiger partial charge in [0.05, 0.1) is 5.69 Å². The van der Waals surface area contributed by atoms with Crippen LogP contribution in [0.3, 0.4) is 0 Å². The van der Waals surface area contributed by atoms with Gasteiger partial charge in [0.25, 0.3) is 10.1 Å². The number of rotatable bonds is 3. The maximum atomic E-state index is 11.5. The molecule has 0 radical (unpaired) electrons. The molecule has 0 aliphatic heterocycles. The number of aromatic hydroxyl groups is 2. The molecular formula is C17H14N2O5S. The lowest BCUT2D eigenvalue weighted by atomic mass is 10.1. The van der Waals surface area contributed by atoms with Crippen LogP contribution in [-0.4, -0.2) is 23.2 Å². The molecule has 3 aromatic rings. The molecule has 0 saturated carbocycles. The predicted octanol–water partition coefficient (Wildman–Crippen LogP) is 4.22. The average molecular weight is 358 g/mol. The monoisotopic (exact) mass is 358 g/mol. The van der Waals surface area contributed by atoms with Gasteiger partial charge in [0, 0.05) is 16.8 Å². The lowest BCUT2D eigenvalue weighted by Crippen LogP contribution is -1.99. The Hall–Kier alpha value is -2.97. The summed E-state index contributed by atoms with van der Waals surface area (Å²) < 4.78 is 32.5. The number of hydrogen-bond acceptors (Lipinski definition) is 6. The highest BCUT2D eigenvalue weighted by molar-refractivity contribution is 7.86. The second-order valence-corrected chi connectivity index (χ2v) is 6.82. The van der Waals surface area contributed by atoms with Gasteiger partial charge in [-0.3, -0.25) is 4.55 Å². The zero-order chi connectivity index (χ0) is 18.2. The fourth-order valence-electron chi connectivity index (χ4n) is 2.49. The van der Waals surface area contributed by atoms with Crippen LogP contribution in [0.5, 0.6) is 11.5 Å². The molecule has 0 aromatic heterocycles. The molecule has 3 rings (SSSR count). The van der Waals surface area contributed by atoms with E-state index in [1.165, 1.54) is 12.1 Å².